The molecule has 0 aromatic heterocycles. The van der Waals surface area contributed by atoms with Crippen molar-refractivity contribution in [2.24, 2.45) is 5.41 Å². The van der Waals surface area contributed by atoms with Crippen LogP contribution in [0.3, 0.4) is 0 Å². The molecule has 1 unspecified atom stereocenters. The summed E-state index contributed by atoms with van der Waals surface area (Å²) in [6, 6.07) is 8.81. The van der Waals surface area contributed by atoms with Crippen LogP contribution in [0.1, 0.15) is 24.5 Å². The Labute approximate surface area is 100 Å². The highest BCUT2D eigenvalue weighted by Gasteiger charge is 2.42. The third-order valence-corrected chi connectivity index (χ3v) is 3.29. The molecule has 0 saturated heterocycles. The quantitative estimate of drug-likeness (QED) is 0.700. The number of carbonyl (C=O) groups excluding carboxylic acids is 1. The van der Waals surface area contributed by atoms with Gasteiger partial charge in [-0.15, -0.1) is 0 Å². The summed E-state index contributed by atoms with van der Waals surface area (Å²) in [5.74, 6) is -0.407. The lowest BCUT2D eigenvalue weighted by molar-refractivity contribution is -0.130. The number of aliphatic hydroxyl groups is 2. The maximum atomic E-state index is 11.7. The van der Waals surface area contributed by atoms with Crippen molar-refractivity contribution in [1.29, 1.82) is 0 Å². The van der Waals surface area contributed by atoms with E-state index in [-0.39, 0.29) is 12.0 Å². The lowest BCUT2D eigenvalue weighted by atomic mass is 10.1. The second kappa shape index (κ2) is 4.85. The van der Waals surface area contributed by atoms with Crippen LogP contribution >= 0.6 is 0 Å². The average molecular weight is 235 g/mol. The smallest absolute Gasteiger partial charge is 0.253 e. The number of hydrogen-bond donors (Lipinski definition) is 3. The fraction of sp³-hybridized carbons (Fsp3) is 0.462. The van der Waals surface area contributed by atoms with Crippen LogP contribution in [0.4, 0.5) is 0 Å². The maximum absolute atomic E-state index is 11.7. The third kappa shape index (κ3) is 2.84. The second-order valence-corrected chi connectivity index (χ2v) is 4.69. The Balaban J connectivity index is 1.88. The Kier molecular flexibility index (Phi) is 3.45. The largest absolute Gasteiger partial charge is 0.396 e. The first kappa shape index (κ1) is 12.1. The predicted molar refractivity (Wildman–Crippen MR) is 63.2 cm³/mol. The molecule has 2 rings (SSSR count). The Morgan fingerprint density at radius 1 is 1.35 bits per heavy atom. The fourth-order valence-corrected chi connectivity index (χ4v) is 1.73. The van der Waals surface area contributed by atoms with Gasteiger partial charge in [0.25, 0.3) is 5.91 Å². The number of aliphatic hydroxyl groups excluding tert-OH is 2. The maximum Gasteiger partial charge on any atom is 0.253 e. The first-order valence-electron chi connectivity index (χ1n) is 5.78. The molecule has 17 heavy (non-hydrogen) atoms. The van der Waals surface area contributed by atoms with Crippen LogP contribution in [-0.4, -0.2) is 29.3 Å². The molecule has 1 fully saturated rings. The monoisotopic (exact) mass is 235 g/mol. The van der Waals surface area contributed by atoms with Gasteiger partial charge in [-0.05, 0) is 18.4 Å². The van der Waals surface area contributed by atoms with Gasteiger partial charge in [0, 0.05) is 12.0 Å². The molecule has 1 aliphatic rings. The van der Waals surface area contributed by atoms with Crippen molar-refractivity contribution in [2.75, 3.05) is 13.2 Å². The Bertz CT molecular complexity index is 387. The topological polar surface area (TPSA) is 69.6 Å². The zero-order valence-corrected chi connectivity index (χ0v) is 9.60. The van der Waals surface area contributed by atoms with E-state index in [9.17, 15) is 9.90 Å². The van der Waals surface area contributed by atoms with Crippen LogP contribution < -0.4 is 5.32 Å². The molecular formula is C13H17NO3. The van der Waals surface area contributed by atoms with Gasteiger partial charge < -0.3 is 15.5 Å². The first-order valence-corrected chi connectivity index (χ1v) is 5.78. The Hall–Kier alpha value is -1.39. The number of benzene rings is 1. The highest BCUT2D eigenvalue weighted by atomic mass is 16.3. The zero-order chi connectivity index (χ0) is 12.3. The van der Waals surface area contributed by atoms with Crippen molar-refractivity contribution in [1.82, 2.24) is 5.32 Å². The van der Waals surface area contributed by atoms with Gasteiger partial charge in [0.05, 0.1) is 6.61 Å². The van der Waals surface area contributed by atoms with E-state index in [1.54, 1.807) is 24.3 Å². The minimum Gasteiger partial charge on any atom is -0.396 e. The van der Waals surface area contributed by atoms with Crippen molar-refractivity contribution >= 4 is 5.91 Å². The van der Waals surface area contributed by atoms with E-state index in [4.69, 9.17) is 5.11 Å². The van der Waals surface area contributed by atoms with E-state index in [2.05, 4.69) is 5.32 Å². The van der Waals surface area contributed by atoms with Gasteiger partial charge in [0.1, 0.15) is 0 Å². The number of nitrogens with one attached hydrogen (secondary N) is 1. The Morgan fingerprint density at radius 3 is 2.53 bits per heavy atom. The molecular weight excluding hydrogens is 218 g/mol. The van der Waals surface area contributed by atoms with E-state index >= 15 is 0 Å². The van der Waals surface area contributed by atoms with E-state index in [1.807, 2.05) is 6.07 Å². The molecule has 1 aromatic carbocycles. The molecule has 4 nitrogen and oxygen atoms in total. The molecule has 1 aliphatic carbocycles. The van der Waals surface area contributed by atoms with Crippen molar-refractivity contribution in [3.63, 3.8) is 0 Å². The molecule has 92 valence electrons. The molecule has 3 N–H and O–H groups in total. The molecule has 4 heteroatoms. The van der Waals surface area contributed by atoms with E-state index in [0.29, 0.717) is 12.1 Å². The van der Waals surface area contributed by atoms with Crippen LogP contribution in [0, 0.1) is 5.41 Å². The molecule has 0 heterocycles. The highest BCUT2D eigenvalue weighted by molar-refractivity contribution is 5.81. The molecule has 1 amide bonds. The van der Waals surface area contributed by atoms with E-state index in [0.717, 1.165) is 12.8 Å². The molecule has 0 bridgehead atoms. The number of amides is 1. The fourth-order valence-electron chi connectivity index (χ4n) is 1.73. The summed E-state index contributed by atoms with van der Waals surface area (Å²) in [4.78, 5) is 11.7. The number of rotatable bonds is 5. The lowest BCUT2D eigenvalue weighted by Crippen LogP contribution is -2.35. The number of hydrogen-bond acceptors (Lipinski definition) is 3. The highest BCUT2D eigenvalue weighted by Crippen LogP contribution is 2.44. The first-order chi connectivity index (χ1) is 8.17. The predicted octanol–water partition coefficient (Wildman–Crippen LogP) is 0.609. The van der Waals surface area contributed by atoms with Crippen LogP contribution in [-0.2, 0) is 4.79 Å². The van der Waals surface area contributed by atoms with Gasteiger partial charge in [-0.3, -0.25) is 4.79 Å². The summed E-state index contributed by atoms with van der Waals surface area (Å²) >= 11 is 0. The summed E-state index contributed by atoms with van der Waals surface area (Å²) in [6.07, 6.45) is 0.738. The van der Waals surface area contributed by atoms with Gasteiger partial charge in [-0.25, -0.2) is 0 Å². The Morgan fingerprint density at radius 2 is 2.00 bits per heavy atom. The van der Waals surface area contributed by atoms with Gasteiger partial charge in [0.15, 0.2) is 6.10 Å². The van der Waals surface area contributed by atoms with Crippen molar-refractivity contribution in [3.8, 4) is 0 Å². The van der Waals surface area contributed by atoms with Crippen molar-refractivity contribution in [3.05, 3.63) is 35.9 Å². The molecule has 1 aromatic rings. The zero-order valence-electron chi connectivity index (χ0n) is 9.60. The van der Waals surface area contributed by atoms with Crippen LogP contribution in [0.25, 0.3) is 0 Å². The van der Waals surface area contributed by atoms with Crippen molar-refractivity contribution < 1.29 is 15.0 Å². The van der Waals surface area contributed by atoms with Crippen molar-refractivity contribution in [2.45, 2.75) is 18.9 Å². The summed E-state index contributed by atoms with van der Waals surface area (Å²) < 4.78 is 0. The molecule has 0 spiro atoms. The third-order valence-electron chi connectivity index (χ3n) is 3.29. The average Bonchev–Trinajstić information content (AvgIpc) is 3.17. The standard InChI is InChI=1S/C13H17NO3/c15-9-13(6-7-13)8-14-12(17)11(16)10-4-2-1-3-5-10/h1-5,11,15-16H,6-9H2,(H,14,17). The van der Waals surface area contributed by atoms with E-state index in [1.165, 1.54) is 0 Å². The second-order valence-electron chi connectivity index (χ2n) is 4.69. The summed E-state index contributed by atoms with van der Waals surface area (Å²) in [7, 11) is 0. The summed E-state index contributed by atoms with van der Waals surface area (Å²) in [5.41, 5.74) is 0.449. The normalized spacial score (nSPS) is 18.5. The summed E-state index contributed by atoms with van der Waals surface area (Å²) in [5, 5.41) is 21.6. The minimum atomic E-state index is -1.13. The molecule has 1 atom stereocenters. The molecule has 1 saturated carbocycles. The SMILES string of the molecule is O=C(NCC1(CO)CC1)C(O)c1ccccc1. The lowest BCUT2D eigenvalue weighted by Gasteiger charge is -2.15. The van der Waals surface area contributed by atoms with Gasteiger partial charge in [-0.1, -0.05) is 30.3 Å². The van der Waals surface area contributed by atoms with E-state index < -0.39 is 12.0 Å². The number of carbonyl (C=O) groups is 1. The van der Waals surface area contributed by atoms with Crippen LogP contribution in [0.15, 0.2) is 30.3 Å². The minimum absolute atomic E-state index is 0.0920. The van der Waals surface area contributed by atoms with Gasteiger partial charge >= 0.3 is 0 Å². The van der Waals surface area contributed by atoms with Crippen LogP contribution in [0.5, 0.6) is 0 Å². The van der Waals surface area contributed by atoms with Gasteiger partial charge in [0.2, 0.25) is 0 Å². The molecule has 0 aliphatic heterocycles. The summed E-state index contributed by atoms with van der Waals surface area (Å²) in [6.45, 7) is 0.529. The van der Waals surface area contributed by atoms with Gasteiger partial charge in [-0.2, -0.15) is 0 Å². The van der Waals surface area contributed by atoms with Crippen LogP contribution in [0.2, 0.25) is 0 Å². The molecule has 0 radical (unpaired) electrons.